The Balaban J connectivity index is 2.07. The highest BCUT2D eigenvalue weighted by Crippen LogP contribution is 2.36. The van der Waals surface area contributed by atoms with Crippen molar-refractivity contribution in [1.29, 1.82) is 0 Å². The summed E-state index contributed by atoms with van der Waals surface area (Å²) in [6, 6.07) is 1.96. The van der Waals surface area contributed by atoms with Gasteiger partial charge in [-0.15, -0.1) is 0 Å². The van der Waals surface area contributed by atoms with Crippen molar-refractivity contribution >= 4 is 22.4 Å². The number of rotatable bonds is 5. The lowest BCUT2D eigenvalue weighted by Gasteiger charge is -2.11. The second-order valence-corrected chi connectivity index (χ2v) is 4.97. The summed E-state index contributed by atoms with van der Waals surface area (Å²) >= 11 is 1.31. The number of nitrogens with one attached hydrogen (secondary N) is 1. The fourth-order valence-electron chi connectivity index (χ4n) is 1.50. The van der Waals surface area contributed by atoms with E-state index in [9.17, 15) is 0 Å². The van der Waals surface area contributed by atoms with Gasteiger partial charge in [-0.05, 0) is 31.4 Å². The third-order valence-corrected chi connectivity index (χ3v) is 3.18. The maximum atomic E-state index is 5.79. The van der Waals surface area contributed by atoms with E-state index in [1.54, 1.807) is 6.20 Å². The van der Waals surface area contributed by atoms with Crippen molar-refractivity contribution in [3.8, 4) is 5.75 Å². The van der Waals surface area contributed by atoms with Gasteiger partial charge in [0.1, 0.15) is 0 Å². The third kappa shape index (κ3) is 2.73. The zero-order valence-electron chi connectivity index (χ0n) is 10.7. The molecule has 0 atom stereocenters. The van der Waals surface area contributed by atoms with E-state index in [0.717, 1.165) is 10.7 Å². The molecule has 0 aliphatic carbocycles. The molecule has 0 saturated carbocycles. The number of ether oxygens (including phenoxy) is 1. The Hall–Kier alpha value is -1.76. The maximum Gasteiger partial charge on any atom is 0.197 e. The minimum atomic E-state index is 0.0703. The van der Waals surface area contributed by atoms with E-state index >= 15 is 0 Å². The topological polar surface area (TPSA) is 78.0 Å². The average molecular weight is 267 g/mol. The van der Waals surface area contributed by atoms with E-state index in [-0.39, 0.29) is 6.10 Å². The third-order valence-electron chi connectivity index (χ3n) is 2.38. The lowest BCUT2D eigenvalue weighted by molar-refractivity contribution is 0.245. The molecule has 2 heterocycles. The second-order valence-electron chi connectivity index (χ2n) is 4.19. The number of nitrogens with two attached hydrogens (primary N) is 1. The van der Waals surface area contributed by atoms with Crippen LogP contribution in [0.4, 0.5) is 10.8 Å². The first kappa shape index (κ1) is 12.7. The Kier molecular flexibility index (Phi) is 3.71. The van der Waals surface area contributed by atoms with Crippen LogP contribution in [0.2, 0.25) is 0 Å². The number of hydrogen-bond acceptors (Lipinski definition) is 6. The highest BCUT2D eigenvalue weighted by Gasteiger charge is 2.14. The van der Waals surface area contributed by atoms with Gasteiger partial charge in [-0.25, -0.2) is 0 Å². The smallest absolute Gasteiger partial charge is 0.197 e. The second kappa shape index (κ2) is 5.26. The summed E-state index contributed by atoms with van der Waals surface area (Å²) in [6.45, 7) is 4.58. The van der Waals surface area contributed by atoms with E-state index in [4.69, 9.17) is 10.5 Å². The highest BCUT2D eigenvalue weighted by atomic mass is 32.1. The summed E-state index contributed by atoms with van der Waals surface area (Å²) in [5.41, 5.74) is 6.87. The predicted octanol–water partition coefficient (Wildman–Crippen LogP) is 1.86. The van der Waals surface area contributed by atoms with Crippen molar-refractivity contribution in [2.75, 3.05) is 11.1 Å². The zero-order valence-corrected chi connectivity index (χ0v) is 11.5. The summed E-state index contributed by atoms with van der Waals surface area (Å²) in [4.78, 5) is 0. The first-order valence-corrected chi connectivity index (χ1v) is 6.48. The predicted molar refractivity (Wildman–Crippen MR) is 72.8 cm³/mol. The van der Waals surface area contributed by atoms with Gasteiger partial charge >= 0.3 is 0 Å². The van der Waals surface area contributed by atoms with Crippen LogP contribution in [-0.4, -0.2) is 20.3 Å². The number of nitrogens with zero attached hydrogens (tertiary/aromatic N) is 3. The molecule has 2 rings (SSSR count). The standard InChI is InChI=1S/C11H17N5OS/c1-7(2)17-9-10(12)15-18-11(9)13-6-8-4-5-14-16(8)3/h4-5,7,13H,6H2,1-3H3,(H2,12,15). The van der Waals surface area contributed by atoms with Crippen LogP contribution in [-0.2, 0) is 13.6 Å². The van der Waals surface area contributed by atoms with Crippen molar-refractivity contribution in [3.05, 3.63) is 18.0 Å². The molecule has 0 aromatic carbocycles. The van der Waals surface area contributed by atoms with Gasteiger partial charge in [0.05, 0.1) is 18.3 Å². The Labute approximate surface area is 110 Å². The summed E-state index contributed by atoms with van der Waals surface area (Å²) < 4.78 is 11.6. The average Bonchev–Trinajstić information content (AvgIpc) is 2.85. The van der Waals surface area contributed by atoms with Gasteiger partial charge in [-0.3, -0.25) is 4.68 Å². The Morgan fingerprint density at radius 3 is 2.94 bits per heavy atom. The molecule has 0 aliphatic heterocycles. The van der Waals surface area contributed by atoms with E-state index in [0.29, 0.717) is 18.1 Å². The van der Waals surface area contributed by atoms with Crippen molar-refractivity contribution in [1.82, 2.24) is 14.2 Å². The zero-order chi connectivity index (χ0) is 13.1. The summed E-state index contributed by atoms with van der Waals surface area (Å²) in [7, 11) is 1.91. The summed E-state index contributed by atoms with van der Waals surface area (Å²) in [5.74, 6) is 1.07. The minimum absolute atomic E-state index is 0.0703. The number of hydrogen-bond donors (Lipinski definition) is 2. The molecule has 6 nitrogen and oxygen atoms in total. The quantitative estimate of drug-likeness (QED) is 0.864. The molecular formula is C11H17N5OS. The molecule has 0 unspecified atom stereocenters. The van der Waals surface area contributed by atoms with Crippen molar-refractivity contribution in [2.24, 2.45) is 7.05 Å². The summed E-state index contributed by atoms with van der Waals surface area (Å²) in [6.07, 6.45) is 1.84. The van der Waals surface area contributed by atoms with Crippen LogP contribution in [0.1, 0.15) is 19.5 Å². The largest absolute Gasteiger partial charge is 0.484 e. The van der Waals surface area contributed by atoms with Gasteiger partial charge in [-0.2, -0.15) is 9.47 Å². The number of nitrogen functional groups attached to an aromatic ring is 1. The van der Waals surface area contributed by atoms with Gasteiger partial charge in [0.25, 0.3) is 0 Å². The molecule has 98 valence electrons. The van der Waals surface area contributed by atoms with Crippen molar-refractivity contribution in [2.45, 2.75) is 26.5 Å². The highest BCUT2D eigenvalue weighted by molar-refractivity contribution is 7.11. The molecule has 7 heteroatoms. The molecule has 0 fully saturated rings. The molecule has 2 aromatic rings. The first-order valence-electron chi connectivity index (χ1n) is 5.70. The van der Waals surface area contributed by atoms with Crippen LogP contribution in [0.15, 0.2) is 12.3 Å². The molecule has 0 bridgehead atoms. The van der Waals surface area contributed by atoms with Gasteiger partial charge in [-0.1, -0.05) is 0 Å². The Morgan fingerprint density at radius 2 is 2.33 bits per heavy atom. The molecule has 0 saturated heterocycles. The van der Waals surface area contributed by atoms with Crippen molar-refractivity contribution in [3.63, 3.8) is 0 Å². The lowest BCUT2D eigenvalue weighted by Crippen LogP contribution is -2.09. The van der Waals surface area contributed by atoms with Crippen LogP contribution in [0.3, 0.4) is 0 Å². The van der Waals surface area contributed by atoms with Crippen LogP contribution in [0.25, 0.3) is 0 Å². The Morgan fingerprint density at radius 1 is 1.56 bits per heavy atom. The molecular weight excluding hydrogens is 250 g/mol. The van der Waals surface area contributed by atoms with E-state index in [1.165, 1.54) is 11.5 Å². The van der Waals surface area contributed by atoms with Gasteiger partial charge in [0.2, 0.25) is 0 Å². The number of aromatic nitrogens is 3. The first-order chi connectivity index (χ1) is 8.58. The molecule has 3 N–H and O–H groups in total. The molecule has 0 amide bonds. The fraction of sp³-hybridized carbons (Fsp3) is 0.455. The lowest BCUT2D eigenvalue weighted by atomic mass is 10.4. The van der Waals surface area contributed by atoms with Gasteiger partial charge < -0.3 is 15.8 Å². The van der Waals surface area contributed by atoms with Crippen LogP contribution >= 0.6 is 11.5 Å². The van der Waals surface area contributed by atoms with Crippen molar-refractivity contribution < 1.29 is 4.74 Å². The fourth-order valence-corrected chi connectivity index (χ4v) is 2.15. The van der Waals surface area contributed by atoms with E-state index in [2.05, 4.69) is 14.8 Å². The molecule has 0 radical (unpaired) electrons. The van der Waals surface area contributed by atoms with Crippen LogP contribution < -0.4 is 15.8 Å². The minimum Gasteiger partial charge on any atom is -0.484 e. The van der Waals surface area contributed by atoms with E-state index < -0.39 is 0 Å². The van der Waals surface area contributed by atoms with Gasteiger partial charge in [0, 0.05) is 13.2 Å². The monoisotopic (exact) mass is 267 g/mol. The SMILES string of the molecule is CC(C)Oc1c(N)nsc1NCc1ccnn1C. The summed E-state index contributed by atoms with van der Waals surface area (Å²) in [5, 5.41) is 8.24. The van der Waals surface area contributed by atoms with Crippen LogP contribution in [0.5, 0.6) is 5.75 Å². The molecule has 0 aliphatic rings. The molecule has 0 spiro atoms. The normalized spacial score (nSPS) is 10.9. The van der Waals surface area contributed by atoms with E-state index in [1.807, 2.05) is 31.6 Å². The number of anilines is 2. The molecule has 2 aromatic heterocycles. The molecule has 18 heavy (non-hydrogen) atoms. The van der Waals surface area contributed by atoms with Gasteiger partial charge in [0.15, 0.2) is 16.6 Å². The maximum absolute atomic E-state index is 5.79. The van der Waals surface area contributed by atoms with Crippen LogP contribution in [0, 0.1) is 0 Å². The Bertz CT molecular complexity index is 519. The number of aryl methyl sites for hydroxylation is 1.